The van der Waals surface area contributed by atoms with Gasteiger partial charge in [-0.25, -0.2) is 0 Å². The van der Waals surface area contributed by atoms with E-state index in [0.717, 1.165) is 18.8 Å². The van der Waals surface area contributed by atoms with E-state index >= 15 is 0 Å². The molecule has 2 atom stereocenters. The second-order valence-corrected chi connectivity index (χ2v) is 7.96. The number of carbonyl (C=O) groups excluding carboxylic acids is 1. The zero-order valence-electron chi connectivity index (χ0n) is 16.4. The van der Waals surface area contributed by atoms with Crippen LogP contribution in [0.3, 0.4) is 0 Å². The molecule has 25 heavy (non-hydrogen) atoms. The van der Waals surface area contributed by atoms with E-state index in [4.69, 9.17) is 0 Å². The van der Waals surface area contributed by atoms with E-state index in [1.165, 1.54) is 24.0 Å². The summed E-state index contributed by atoms with van der Waals surface area (Å²) in [6, 6.07) is 6.39. The summed E-state index contributed by atoms with van der Waals surface area (Å²) in [4.78, 5) is 12.7. The molecular weight excluding hydrogens is 332 g/mol. The van der Waals surface area contributed by atoms with Gasteiger partial charge in [0.05, 0.1) is 0 Å². The first-order chi connectivity index (χ1) is 11.4. The average Bonchev–Trinajstić information content (AvgIpc) is 2.55. The molecule has 1 saturated heterocycles. The molecule has 1 aromatic rings. The standard InChI is InChI=1S/C21H34N2O.ClH/c1-14(2)18-9-6-10-19(15(3)4)21(18)23-20(24)12-16(5)17-8-7-11-22-13-17;/h6,9-10,14-17,22H,7-8,11-13H2,1-5H3,(H,23,24);1H. The molecule has 1 amide bonds. The summed E-state index contributed by atoms with van der Waals surface area (Å²) in [5.41, 5.74) is 3.52. The number of halogens is 1. The number of hydrogen-bond donors (Lipinski definition) is 2. The first kappa shape index (κ1) is 22.0. The Labute approximate surface area is 159 Å². The van der Waals surface area contributed by atoms with Gasteiger partial charge in [-0.1, -0.05) is 52.8 Å². The van der Waals surface area contributed by atoms with Crippen molar-refractivity contribution in [2.24, 2.45) is 11.8 Å². The SMILES string of the molecule is CC(C)c1cccc(C(C)C)c1NC(=O)CC(C)C1CCCNC1.Cl. The van der Waals surface area contributed by atoms with Crippen LogP contribution in [-0.4, -0.2) is 19.0 Å². The van der Waals surface area contributed by atoms with Crippen LogP contribution in [0.2, 0.25) is 0 Å². The number of carbonyl (C=O) groups is 1. The van der Waals surface area contributed by atoms with Crippen LogP contribution in [0.1, 0.15) is 76.8 Å². The molecule has 1 fully saturated rings. The highest BCUT2D eigenvalue weighted by Gasteiger charge is 2.23. The zero-order chi connectivity index (χ0) is 17.7. The van der Waals surface area contributed by atoms with Crippen LogP contribution in [0, 0.1) is 11.8 Å². The average molecular weight is 367 g/mol. The Hall–Kier alpha value is -1.06. The van der Waals surface area contributed by atoms with Crippen molar-refractivity contribution in [1.82, 2.24) is 5.32 Å². The summed E-state index contributed by atoms with van der Waals surface area (Å²) >= 11 is 0. The van der Waals surface area contributed by atoms with Gasteiger partial charge in [0.25, 0.3) is 0 Å². The molecular formula is C21H35ClN2O. The van der Waals surface area contributed by atoms with Gasteiger partial charge in [0, 0.05) is 12.1 Å². The maximum absolute atomic E-state index is 12.7. The first-order valence-corrected chi connectivity index (χ1v) is 9.53. The van der Waals surface area contributed by atoms with Gasteiger partial charge in [0.1, 0.15) is 0 Å². The van der Waals surface area contributed by atoms with Gasteiger partial charge in [-0.05, 0) is 60.7 Å². The minimum absolute atomic E-state index is 0. The molecule has 1 aromatic carbocycles. The number of rotatable bonds is 6. The highest BCUT2D eigenvalue weighted by molar-refractivity contribution is 5.92. The number of hydrogen-bond acceptors (Lipinski definition) is 2. The van der Waals surface area contributed by atoms with Crippen LogP contribution in [0.5, 0.6) is 0 Å². The van der Waals surface area contributed by atoms with Crippen LogP contribution in [-0.2, 0) is 4.79 Å². The fraction of sp³-hybridized carbons (Fsp3) is 0.667. The topological polar surface area (TPSA) is 41.1 Å². The van der Waals surface area contributed by atoms with Crippen molar-refractivity contribution in [3.8, 4) is 0 Å². The third-order valence-corrected chi connectivity index (χ3v) is 5.28. The molecule has 2 rings (SSSR count). The lowest BCUT2D eigenvalue weighted by atomic mass is 9.85. The molecule has 0 radical (unpaired) electrons. The summed E-state index contributed by atoms with van der Waals surface area (Å²) < 4.78 is 0. The highest BCUT2D eigenvalue weighted by atomic mass is 35.5. The third-order valence-electron chi connectivity index (χ3n) is 5.28. The van der Waals surface area contributed by atoms with E-state index in [9.17, 15) is 4.79 Å². The molecule has 1 aliphatic heterocycles. The first-order valence-electron chi connectivity index (χ1n) is 9.53. The Morgan fingerprint density at radius 2 is 1.76 bits per heavy atom. The number of piperidine rings is 1. The van der Waals surface area contributed by atoms with Crippen molar-refractivity contribution in [2.45, 2.75) is 65.7 Å². The Morgan fingerprint density at radius 1 is 1.16 bits per heavy atom. The fourth-order valence-corrected chi connectivity index (χ4v) is 3.71. The van der Waals surface area contributed by atoms with Gasteiger partial charge < -0.3 is 10.6 Å². The Balaban J connectivity index is 0.00000312. The van der Waals surface area contributed by atoms with E-state index < -0.39 is 0 Å². The van der Waals surface area contributed by atoms with Crippen LogP contribution < -0.4 is 10.6 Å². The van der Waals surface area contributed by atoms with E-state index in [0.29, 0.717) is 30.1 Å². The molecule has 2 unspecified atom stereocenters. The van der Waals surface area contributed by atoms with Gasteiger partial charge in [-0.3, -0.25) is 4.79 Å². The van der Waals surface area contributed by atoms with Crippen molar-refractivity contribution in [2.75, 3.05) is 18.4 Å². The summed E-state index contributed by atoms with van der Waals surface area (Å²) in [6.07, 6.45) is 3.07. The fourth-order valence-electron chi connectivity index (χ4n) is 3.71. The van der Waals surface area contributed by atoms with Crippen LogP contribution >= 0.6 is 12.4 Å². The lowest BCUT2D eigenvalue weighted by Gasteiger charge is -2.28. The molecule has 1 heterocycles. The van der Waals surface area contributed by atoms with Crippen LogP contribution in [0.15, 0.2) is 18.2 Å². The van der Waals surface area contributed by atoms with Crippen molar-refractivity contribution >= 4 is 24.0 Å². The minimum Gasteiger partial charge on any atom is -0.326 e. The van der Waals surface area contributed by atoms with E-state index in [2.05, 4.69) is 63.5 Å². The molecule has 0 bridgehead atoms. The normalized spacial score (nSPS) is 18.8. The number of amides is 1. The van der Waals surface area contributed by atoms with Crippen molar-refractivity contribution in [3.63, 3.8) is 0 Å². The number of para-hydroxylation sites is 1. The monoisotopic (exact) mass is 366 g/mol. The number of anilines is 1. The van der Waals surface area contributed by atoms with Crippen molar-refractivity contribution in [1.29, 1.82) is 0 Å². The molecule has 0 aromatic heterocycles. The summed E-state index contributed by atoms with van der Waals surface area (Å²) in [7, 11) is 0. The summed E-state index contributed by atoms with van der Waals surface area (Å²) in [6.45, 7) is 13.1. The van der Waals surface area contributed by atoms with E-state index in [-0.39, 0.29) is 18.3 Å². The summed E-state index contributed by atoms with van der Waals surface area (Å²) in [5.74, 6) is 2.00. The van der Waals surface area contributed by atoms with E-state index in [1.54, 1.807) is 0 Å². The quantitative estimate of drug-likeness (QED) is 0.715. The van der Waals surface area contributed by atoms with Gasteiger partial charge in [0.2, 0.25) is 5.91 Å². The second kappa shape index (κ2) is 10.2. The lowest BCUT2D eigenvalue weighted by Crippen LogP contribution is -2.34. The predicted molar refractivity (Wildman–Crippen MR) is 110 cm³/mol. The molecule has 142 valence electrons. The molecule has 0 spiro atoms. The smallest absolute Gasteiger partial charge is 0.224 e. The van der Waals surface area contributed by atoms with Crippen LogP contribution in [0.25, 0.3) is 0 Å². The molecule has 4 heteroatoms. The Bertz CT molecular complexity index is 525. The van der Waals surface area contributed by atoms with Crippen LogP contribution in [0.4, 0.5) is 5.69 Å². The number of benzene rings is 1. The predicted octanol–water partition coefficient (Wildman–Crippen LogP) is 5.32. The second-order valence-electron chi connectivity index (χ2n) is 7.96. The molecule has 0 saturated carbocycles. The minimum atomic E-state index is 0. The molecule has 2 N–H and O–H groups in total. The molecule has 1 aliphatic rings. The summed E-state index contributed by atoms with van der Waals surface area (Å²) in [5, 5.41) is 6.71. The third kappa shape index (κ3) is 6.00. The van der Waals surface area contributed by atoms with Gasteiger partial charge in [-0.15, -0.1) is 12.4 Å². The largest absolute Gasteiger partial charge is 0.326 e. The Morgan fingerprint density at radius 3 is 2.24 bits per heavy atom. The van der Waals surface area contributed by atoms with Gasteiger partial charge >= 0.3 is 0 Å². The van der Waals surface area contributed by atoms with E-state index in [1.807, 2.05) is 0 Å². The maximum atomic E-state index is 12.7. The van der Waals surface area contributed by atoms with Crippen molar-refractivity contribution in [3.05, 3.63) is 29.3 Å². The van der Waals surface area contributed by atoms with Gasteiger partial charge in [0.15, 0.2) is 0 Å². The lowest BCUT2D eigenvalue weighted by molar-refractivity contribution is -0.117. The molecule has 0 aliphatic carbocycles. The van der Waals surface area contributed by atoms with Crippen molar-refractivity contribution < 1.29 is 4.79 Å². The Kier molecular flexibility index (Phi) is 8.95. The highest BCUT2D eigenvalue weighted by Crippen LogP contribution is 2.33. The zero-order valence-corrected chi connectivity index (χ0v) is 17.2. The maximum Gasteiger partial charge on any atom is 0.224 e. The van der Waals surface area contributed by atoms with Gasteiger partial charge in [-0.2, -0.15) is 0 Å². The number of nitrogens with one attached hydrogen (secondary N) is 2. The molecule has 3 nitrogen and oxygen atoms in total.